The Bertz CT molecular complexity index is 729. The molecule has 1 atom stereocenters. The van der Waals surface area contributed by atoms with Gasteiger partial charge in [0.1, 0.15) is 5.82 Å². The molecule has 0 unspecified atom stereocenters. The van der Waals surface area contributed by atoms with Crippen LogP contribution in [0.5, 0.6) is 0 Å². The van der Waals surface area contributed by atoms with E-state index in [0.29, 0.717) is 11.2 Å². The van der Waals surface area contributed by atoms with Crippen molar-refractivity contribution >= 4 is 28.7 Å². The number of thiocarbonyl (C=S) groups is 1. The second-order valence-electron chi connectivity index (χ2n) is 5.97. The van der Waals surface area contributed by atoms with Gasteiger partial charge in [0.25, 0.3) is 0 Å². The summed E-state index contributed by atoms with van der Waals surface area (Å²) in [7, 11) is 0. The van der Waals surface area contributed by atoms with Crippen LogP contribution >= 0.6 is 12.2 Å². The maximum Gasteiger partial charge on any atom is 0.178 e. The minimum Gasteiger partial charge on any atom is -0.332 e. The van der Waals surface area contributed by atoms with Gasteiger partial charge >= 0.3 is 0 Å². The minimum atomic E-state index is -0.187. The van der Waals surface area contributed by atoms with Gasteiger partial charge in [-0.15, -0.1) is 0 Å². The summed E-state index contributed by atoms with van der Waals surface area (Å²) in [5.41, 5.74) is 4.31. The van der Waals surface area contributed by atoms with Crippen molar-refractivity contribution in [1.82, 2.24) is 0 Å². The number of halogens is 1. The van der Waals surface area contributed by atoms with Crippen LogP contribution in [-0.4, -0.2) is 11.2 Å². The predicted molar refractivity (Wildman–Crippen MR) is 98.7 cm³/mol. The van der Waals surface area contributed by atoms with Crippen LogP contribution in [0.1, 0.15) is 31.4 Å². The number of fused-ring (bicyclic) bond motifs is 1. The van der Waals surface area contributed by atoms with Crippen molar-refractivity contribution in [2.75, 3.05) is 10.2 Å². The monoisotopic (exact) mass is 328 g/mol. The van der Waals surface area contributed by atoms with Gasteiger partial charge < -0.3 is 10.2 Å². The first-order valence-electron chi connectivity index (χ1n) is 8.06. The molecule has 0 saturated heterocycles. The van der Waals surface area contributed by atoms with Crippen molar-refractivity contribution in [3.63, 3.8) is 0 Å². The summed E-state index contributed by atoms with van der Waals surface area (Å²) >= 11 is 5.67. The number of hydrogen-bond donors (Lipinski definition) is 1. The molecule has 0 fully saturated rings. The van der Waals surface area contributed by atoms with Gasteiger partial charge in [-0.05, 0) is 73.8 Å². The van der Waals surface area contributed by atoms with E-state index in [1.54, 1.807) is 6.07 Å². The molecule has 3 rings (SSSR count). The third kappa shape index (κ3) is 3.22. The molecule has 1 aliphatic rings. The number of nitrogens with zero attached hydrogens (tertiary/aromatic N) is 1. The maximum atomic E-state index is 13.5. The van der Waals surface area contributed by atoms with Crippen LogP contribution in [0.3, 0.4) is 0 Å². The maximum absolute atomic E-state index is 13.5. The molecule has 1 N–H and O–H groups in total. The molecular weight excluding hydrogens is 307 g/mol. The molecule has 4 heteroatoms. The van der Waals surface area contributed by atoms with Gasteiger partial charge in [0, 0.05) is 17.4 Å². The van der Waals surface area contributed by atoms with Crippen molar-refractivity contribution in [3.05, 3.63) is 59.4 Å². The van der Waals surface area contributed by atoms with E-state index in [0.717, 1.165) is 36.2 Å². The van der Waals surface area contributed by atoms with Gasteiger partial charge in [-0.25, -0.2) is 4.39 Å². The number of rotatable bonds is 2. The SMILES string of the molecule is CCc1ccccc1NC(=S)N1c2ccc(F)cc2CC[C@H]1C. The van der Waals surface area contributed by atoms with E-state index in [1.807, 2.05) is 24.3 Å². The van der Waals surface area contributed by atoms with E-state index in [1.165, 1.54) is 11.6 Å². The lowest BCUT2D eigenvalue weighted by atomic mass is 9.97. The highest BCUT2D eigenvalue weighted by Gasteiger charge is 2.26. The number of hydrogen-bond acceptors (Lipinski definition) is 1. The molecule has 0 spiro atoms. The molecule has 120 valence electrons. The first kappa shape index (κ1) is 15.9. The van der Waals surface area contributed by atoms with Crippen LogP contribution in [-0.2, 0) is 12.8 Å². The summed E-state index contributed by atoms with van der Waals surface area (Å²) in [5, 5.41) is 4.05. The summed E-state index contributed by atoms with van der Waals surface area (Å²) in [6, 6.07) is 13.5. The molecule has 2 aromatic carbocycles. The van der Waals surface area contributed by atoms with Crippen LogP contribution in [0.2, 0.25) is 0 Å². The molecule has 1 aliphatic heterocycles. The molecule has 2 aromatic rings. The molecule has 0 aliphatic carbocycles. The Morgan fingerprint density at radius 1 is 1.30 bits per heavy atom. The number of para-hydroxylation sites is 1. The van der Waals surface area contributed by atoms with Gasteiger partial charge in [0.15, 0.2) is 5.11 Å². The Morgan fingerprint density at radius 2 is 2.09 bits per heavy atom. The minimum absolute atomic E-state index is 0.187. The Kier molecular flexibility index (Phi) is 4.62. The molecule has 0 aromatic heterocycles. The zero-order valence-electron chi connectivity index (χ0n) is 13.5. The molecule has 0 bridgehead atoms. The molecular formula is C19H21FN2S. The number of aryl methyl sites for hydroxylation is 2. The quantitative estimate of drug-likeness (QED) is 0.787. The van der Waals surface area contributed by atoms with Crippen molar-refractivity contribution in [2.24, 2.45) is 0 Å². The van der Waals surface area contributed by atoms with E-state index in [2.05, 4.69) is 30.1 Å². The number of nitrogens with one attached hydrogen (secondary N) is 1. The highest BCUT2D eigenvalue weighted by molar-refractivity contribution is 7.80. The second kappa shape index (κ2) is 6.67. The van der Waals surface area contributed by atoms with Crippen LogP contribution in [0.4, 0.5) is 15.8 Å². The normalized spacial score (nSPS) is 16.8. The summed E-state index contributed by atoms with van der Waals surface area (Å²) in [4.78, 5) is 2.11. The largest absolute Gasteiger partial charge is 0.332 e. The first-order valence-corrected chi connectivity index (χ1v) is 8.47. The van der Waals surface area contributed by atoms with E-state index in [-0.39, 0.29) is 5.82 Å². The fraction of sp³-hybridized carbons (Fsp3) is 0.316. The second-order valence-corrected chi connectivity index (χ2v) is 6.36. The van der Waals surface area contributed by atoms with Gasteiger partial charge in [-0.2, -0.15) is 0 Å². The molecule has 0 radical (unpaired) electrons. The molecule has 23 heavy (non-hydrogen) atoms. The lowest BCUT2D eigenvalue weighted by Gasteiger charge is -2.37. The van der Waals surface area contributed by atoms with Crippen LogP contribution in [0.15, 0.2) is 42.5 Å². The predicted octanol–water partition coefficient (Wildman–Crippen LogP) is 4.93. The fourth-order valence-electron chi connectivity index (χ4n) is 3.16. The van der Waals surface area contributed by atoms with Gasteiger partial charge in [0.2, 0.25) is 0 Å². The Balaban J connectivity index is 1.90. The average Bonchev–Trinajstić information content (AvgIpc) is 2.55. The standard InChI is InChI=1S/C19H21FN2S/c1-3-14-6-4-5-7-17(14)21-19(23)22-13(2)8-9-15-12-16(20)10-11-18(15)22/h4-7,10-13H,3,8-9H2,1-2H3,(H,21,23)/t13-/m1/s1. The summed E-state index contributed by atoms with van der Waals surface area (Å²) < 4.78 is 13.5. The third-order valence-corrected chi connectivity index (χ3v) is 4.73. The van der Waals surface area contributed by atoms with Crippen LogP contribution in [0, 0.1) is 5.82 Å². The third-order valence-electron chi connectivity index (χ3n) is 4.43. The number of anilines is 2. The Hall–Kier alpha value is -1.94. The Morgan fingerprint density at radius 3 is 2.87 bits per heavy atom. The first-order chi connectivity index (χ1) is 11.1. The van der Waals surface area contributed by atoms with Crippen molar-refractivity contribution in [1.29, 1.82) is 0 Å². The van der Waals surface area contributed by atoms with Gasteiger partial charge in [0.05, 0.1) is 0 Å². The van der Waals surface area contributed by atoms with E-state index < -0.39 is 0 Å². The lowest BCUT2D eigenvalue weighted by molar-refractivity contribution is 0.604. The van der Waals surface area contributed by atoms with Gasteiger partial charge in [-0.1, -0.05) is 25.1 Å². The average molecular weight is 328 g/mol. The van der Waals surface area contributed by atoms with Crippen molar-refractivity contribution in [2.45, 2.75) is 39.2 Å². The molecule has 0 saturated carbocycles. The van der Waals surface area contributed by atoms with E-state index >= 15 is 0 Å². The highest BCUT2D eigenvalue weighted by atomic mass is 32.1. The van der Waals surface area contributed by atoms with Crippen LogP contribution < -0.4 is 10.2 Å². The highest BCUT2D eigenvalue weighted by Crippen LogP contribution is 2.32. The summed E-state index contributed by atoms with van der Waals surface area (Å²) in [5.74, 6) is -0.187. The van der Waals surface area contributed by atoms with Crippen molar-refractivity contribution < 1.29 is 4.39 Å². The fourth-order valence-corrected chi connectivity index (χ4v) is 3.54. The zero-order valence-corrected chi connectivity index (χ0v) is 14.3. The zero-order chi connectivity index (χ0) is 16.4. The van der Waals surface area contributed by atoms with Crippen molar-refractivity contribution in [3.8, 4) is 0 Å². The summed E-state index contributed by atoms with van der Waals surface area (Å²) in [6.07, 6.45) is 2.80. The summed E-state index contributed by atoms with van der Waals surface area (Å²) in [6.45, 7) is 4.29. The molecule has 1 heterocycles. The lowest BCUT2D eigenvalue weighted by Crippen LogP contribution is -2.44. The Labute approximate surface area is 142 Å². The smallest absolute Gasteiger partial charge is 0.178 e. The van der Waals surface area contributed by atoms with Crippen LogP contribution in [0.25, 0.3) is 0 Å². The topological polar surface area (TPSA) is 15.3 Å². The number of benzene rings is 2. The van der Waals surface area contributed by atoms with Gasteiger partial charge in [-0.3, -0.25) is 0 Å². The molecule has 0 amide bonds. The van der Waals surface area contributed by atoms with E-state index in [4.69, 9.17) is 12.2 Å². The van der Waals surface area contributed by atoms with E-state index in [9.17, 15) is 4.39 Å². The molecule has 2 nitrogen and oxygen atoms in total.